The van der Waals surface area contributed by atoms with Crippen molar-refractivity contribution in [3.8, 4) is 0 Å². The van der Waals surface area contributed by atoms with E-state index in [-0.39, 0.29) is 17.1 Å². The van der Waals surface area contributed by atoms with Crippen LogP contribution in [0.25, 0.3) is 11.0 Å². The number of aromatic nitrogens is 2. The van der Waals surface area contributed by atoms with Crippen molar-refractivity contribution >= 4 is 22.4 Å². The van der Waals surface area contributed by atoms with E-state index in [9.17, 15) is 19.3 Å². The van der Waals surface area contributed by atoms with E-state index in [0.717, 1.165) is 17.7 Å². The molecule has 3 N–H and O–H groups in total. The minimum atomic E-state index is -0.663. The van der Waals surface area contributed by atoms with Crippen molar-refractivity contribution in [2.45, 2.75) is 6.54 Å². The predicted octanol–water partition coefficient (Wildman–Crippen LogP) is 2.52. The average molecular weight is 302 g/mol. The number of H-pyrrole nitrogens is 2. The molecule has 0 bridgehead atoms. The molecular formula is C14H11FN4O3. The standard InChI is InChI=1S/C14H11FN4O3/c15-9-2-4-11(13(6-9)19(21)22)16-7-8-1-3-10-12(5-8)18-14(20)17-10/h1-6,16H,7H2,(H2,17,18,20). The minimum Gasteiger partial charge on any atom is -0.375 e. The highest BCUT2D eigenvalue weighted by molar-refractivity contribution is 5.75. The topological polar surface area (TPSA) is 104 Å². The summed E-state index contributed by atoms with van der Waals surface area (Å²) in [4.78, 5) is 26.7. The fraction of sp³-hybridized carbons (Fsp3) is 0.0714. The van der Waals surface area contributed by atoms with Crippen molar-refractivity contribution < 1.29 is 9.31 Å². The van der Waals surface area contributed by atoms with Crippen molar-refractivity contribution in [3.63, 3.8) is 0 Å². The van der Waals surface area contributed by atoms with Gasteiger partial charge in [0.2, 0.25) is 0 Å². The molecule has 0 saturated heterocycles. The molecule has 22 heavy (non-hydrogen) atoms. The van der Waals surface area contributed by atoms with E-state index in [1.165, 1.54) is 6.07 Å². The Hall–Kier alpha value is -3.16. The maximum absolute atomic E-state index is 13.1. The van der Waals surface area contributed by atoms with Crippen LogP contribution in [0.5, 0.6) is 0 Å². The molecule has 8 heteroatoms. The van der Waals surface area contributed by atoms with E-state index in [0.29, 0.717) is 17.6 Å². The summed E-state index contributed by atoms with van der Waals surface area (Å²) in [7, 11) is 0. The fourth-order valence-electron chi connectivity index (χ4n) is 2.19. The maximum atomic E-state index is 13.1. The molecule has 0 atom stereocenters. The second-order valence-electron chi connectivity index (χ2n) is 4.73. The largest absolute Gasteiger partial charge is 0.375 e. The Bertz CT molecular complexity index is 916. The number of nitro groups is 1. The quantitative estimate of drug-likeness (QED) is 0.509. The third-order valence-corrected chi connectivity index (χ3v) is 3.22. The normalized spacial score (nSPS) is 10.8. The lowest BCUT2D eigenvalue weighted by atomic mass is 10.2. The van der Waals surface area contributed by atoms with Gasteiger partial charge in [-0.15, -0.1) is 0 Å². The molecule has 0 unspecified atom stereocenters. The van der Waals surface area contributed by atoms with Crippen molar-refractivity contribution in [2.24, 2.45) is 0 Å². The number of anilines is 1. The third-order valence-electron chi connectivity index (χ3n) is 3.22. The predicted molar refractivity (Wildman–Crippen MR) is 79.3 cm³/mol. The SMILES string of the molecule is O=c1[nH]c2ccc(CNc3ccc(F)cc3[N+](=O)[O-])cc2[nH]1. The Morgan fingerprint density at radius 2 is 1.91 bits per heavy atom. The zero-order chi connectivity index (χ0) is 15.7. The molecule has 1 aromatic heterocycles. The lowest BCUT2D eigenvalue weighted by Crippen LogP contribution is -2.03. The molecule has 0 spiro atoms. The molecule has 0 aliphatic rings. The third kappa shape index (κ3) is 2.66. The Kier molecular flexibility index (Phi) is 3.34. The summed E-state index contributed by atoms with van der Waals surface area (Å²) in [5, 5.41) is 13.8. The summed E-state index contributed by atoms with van der Waals surface area (Å²) >= 11 is 0. The van der Waals surface area contributed by atoms with E-state index >= 15 is 0 Å². The molecule has 0 amide bonds. The fourth-order valence-corrected chi connectivity index (χ4v) is 2.19. The molecule has 0 saturated carbocycles. The van der Waals surface area contributed by atoms with Crippen LogP contribution < -0.4 is 11.0 Å². The molecule has 0 aliphatic heterocycles. The van der Waals surface area contributed by atoms with Gasteiger partial charge in [-0.2, -0.15) is 0 Å². The molecule has 3 aromatic rings. The van der Waals surface area contributed by atoms with Gasteiger partial charge in [0.05, 0.1) is 22.0 Å². The average Bonchev–Trinajstić information content (AvgIpc) is 2.85. The number of nitrogens with one attached hydrogen (secondary N) is 3. The smallest absolute Gasteiger partial charge is 0.323 e. The molecule has 112 valence electrons. The van der Waals surface area contributed by atoms with Gasteiger partial charge in [0.25, 0.3) is 5.69 Å². The van der Waals surface area contributed by atoms with Crippen LogP contribution in [0.2, 0.25) is 0 Å². The van der Waals surface area contributed by atoms with Crippen LogP contribution in [0.1, 0.15) is 5.56 Å². The van der Waals surface area contributed by atoms with Gasteiger partial charge in [0, 0.05) is 6.54 Å². The van der Waals surface area contributed by atoms with Gasteiger partial charge in [0.15, 0.2) is 0 Å². The van der Waals surface area contributed by atoms with Crippen molar-refractivity contribution in [3.05, 3.63) is 68.4 Å². The van der Waals surface area contributed by atoms with Crippen LogP contribution in [0.4, 0.5) is 15.8 Å². The van der Waals surface area contributed by atoms with Gasteiger partial charge in [-0.05, 0) is 29.8 Å². The van der Waals surface area contributed by atoms with E-state index in [1.54, 1.807) is 18.2 Å². The summed E-state index contributed by atoms with van der Waals surface area (Å²) in [5.74, 6) is -0.663. The van der Waals surface area contributed by atoms with Crippen LogP contribution >= 0.6 is 0 Å². The summed E-state index contributed by atoms with van der Waals surface area (Å²) in [5.41, 5.74) is 1.76. The summed E-state index contributed by atoms with van der Waals surface area (Å²) in [6.07, 6.45) is 0. The number of imidazole rings is 1. The Balaban J connectivity index is 1.84. The van der Waals surface area contributed by atoms with E-state index < -0.39 is 10.7 Å². The highest BCUT2D eigenvalue weighted by atomic mass is 19.1. The molecule has 0 aliphatic carbocycles. The first-order valence-electron chi connectivity index (χ1n) is 6.42. The number of rotatable bonds is 4. The zero-order valence-electron chi connectivity index (χ0n) is 11.2. The monoisotopic (exact) mass is 302 g/mol. The highest BCUT2D eigenvalue weighted by Crippen LogP contribution is 2.25. The van der Waals surface area contributed by atoms with Crippen LogP contribution in [-0.2, 0) is 6.54 Å². The highest BCUT2D eigenvalue weighted by Gasteiger charge is 2.14. The van der Waals surface area contributed by atoms with Gasteiger partial charge in [-0.25, -0.2) is 9.18 Å². The summed E-state index contributed by atoms with van der Waals surface area (Å²) in [6, 6.07) is 8.63. The minimum absolute atomic E-state index is 0.231. The first-order valence-corrected chi connectivity index (χ1v) is 6.42. The van der Waals surface area contributed by atoms with Gasteiger partial charge in [-0.3, -0.25) is 10.1 Å². The number of aromatic amines is 2. The molecule has 0 radical (unpaired) electrons. The first kappa shape index (κ1) is 13.8. The Labute approximate surface area is 122 Å². The van der Waals surface area contributed by atoms with E-state index in [2.05, 4.69) is 15.3 Å². The van der Waals surface area contributed by atoms with Crippen LogP contribution in [0.15, 0.2) is 41.2 Å². The van der Waals surface area contributed by atoms with Crippen LogP contribution in [-0.4, -0.2) is 14.9 Å². The molecular weight excluding hydrogens is 291 g/mol. The van der Waals surface area contributed by atoms with Crippen LogP contribution in [0, 0.1) is 15.9 Å². The molecule has 7 nitrogen and oxygen atoms in total. The second-order valence-corrected chi connectivity index (χ2v) is 4.73. The molecule has 2 aromatic carbocycles. The number of nitrogens with zero attached hydrogens (tertiary/aromatic N) is 1. The maximum Gasteiger partial charge on any atom is 0.323 e. The lowest BCUT2D eigenvalue weighted by Gasteiger charge is -2.07. The second kappa shape index (κ2) is 5.32. The Morgan fingerprint density at radius 3 is 2.68 bits per heavy atom. The number of hydrogen-bond donors (Lipinski definition) is 3. The number of nitro benzene ring substituents is 1. The van der Waals surface area contributed by atoms with Gasteiger partial charge in [-0.1, -0.05) is 6.07 Å². The Morgan fingerprint density at radius 1 is 1.14 bits per heavy atom. The number of fused-ring (bicyclic) bond motifs is 1. The van der Waals surface area contributed by atoms with Crippen LogP contribution in [0.3, 0.4) is 0 Å². The lowest BCUT2D eigenvalue weighted by molar-refractivity contribution is -0.384. The van der Waals surface area contributed by atoms with Gasteiger partial charge < -0.3 is 15.3 Å². The van der Waals surface area contributed by atoms with Crippen molar-refractivity contribution in [1.29, 1.82) is 0 Å². The molecule has 3 rings (SSSR count). The van der Waals surface area contributed by atoms with Crippen molar-refractivity contribution in [1.82, 2.24) is 9.97 Å². The van der Waals surface area contributed by atoms with Crippen molar-refractivity contribution in [2.75, 3.05) is 5.32 Å². The van der Waals surface area contributed by atoms with E-state index in [1.807, 2.05) is 0 Å². The number of hydrogen-bond acceptors (Lipinski definition) is 4. The molecule has 0 fully saturated rings. The van der Waals surface area contributed by atoms with E-state index in [4.69, 9.17) is 0 Å². The van der Waals surface area contributed by atoms with Gasteiger partial charge in [0.1, 0.15) is 11.5 Å². The first-order chi connectivity index (χ1) is 10.5. The summed E-state index contributed by atoms with van der Waals surface area (Å²) < 4.78 is 13.1. The summed E-state index contributed by atoms with van der Waals surface area (Å²) in [6.45, 7) is 0.301. The number of halogens is 1. The number of benzene rings is 2. The molecule has 1 heterocycles. The zero-order valence-corrected chi connectivity index (χ0v) is 11.2. The van der Waals surface area contributed by atoms with Gasteiger partial charge >= 0.3 is 5.69 Å².